The number of rotatable bonds is 8. The van der Waals surface area contributed by atoms with Crippen molar-refractivity contribution in [2.24, 2.45) is 0 Å². The standard InChI is InChI=1S/C20H26N2O5S/c1-14(2)27-19-8-6-7-16(13-19)21-20(23)15(3)22(28(5,24)25)17-9-11-18(26-4)12-10-17/h6-15H,1-5H3,(H,21,23)/t15-/m1/s1. The van der Waals surface area contributed by atoms with Crippen molar-refractivity contribution >= 4 is 27.3 Å². The molecule has 0 aromatic heterocycles. The third-order valence-corrected chi connectivity index (χ3v) is 5.13. The van der Waals surface area contributed by atoms with Crippen LogP contribution in [-0.4, -0.2) is 39.8 Å². The fraction of sp³-hybridized carbons (Fsp3) is 0.350. The highest BCUT2D eigenvalue weighted by Gasteiger charge is 2.29. The summed E-state index contributed by atoms with van der Waals surface area (Å²) in [6.07, 6.45) is 1.07. The largest absolute Gasteiger partial charge is 0.497 e. The Hall–Kier alpha value is -2.74. The summed E-state index contributed by atoms with van der Waals surface area (Å²) < 4.78 is 36.5. The van der Waals surface area contributed by atoms with Gasteiger partial charge in [0.05, 0.1) is 25.2 Å². The molecule has 0 aliphatic rings. The first-order valence-electron chi connectivity index (χ1n) is 8.83. The number of amides is 1. The monoisotopic (exact) mass is 406 g/mol. The van der Waals surface area contributed by atoms with E-state index in [1.807, 2.05) is 13.8 Å². The van der Waals surface area contributed by atoms with Gasteiger partial charge in [0.25, 0.3) is 0 Å². The first-order chi connectivity index (χ1) is 13.1. The summed E-state index contributed by atoms with van der Waals surface area (Å²) in [5.41, 5.74) is 0.904. The van der Waals surface area contributed by atoms with Crippen LogP contribution in [-0.2, 0) is 14.8 Å². The van der Waals surface area contributed by atoms with E-state index in [2.05, 4.69) is 5.32 Å². The van der Waals surface area contributed by atoms with Crippen molar-refractivity contribution in [3.05, 3.63) is 48.5 Å². The molecule has 1 atom stereocenters. The number of nitrogens with zero attached hydrogens (tertiary/aromatic N) is 1. The molecule has 0 spiro atoms. The molecule has 0 unspecified atom stereocenters. The number of benzene rings is 2. The van der Waals surface area contributed by atoms with Gasteiger partial charge in [-0.25, -0.2) is 8.42 Å². The van der Waals surface area contributed by atoms with Gasteiger partial charge in [-0.05, 0) is 57.2 Å². The molecule has 0 saturated carbocycles. The zero-order valence-corrected chi connectivity index (χ0v) is 17.5. The number of nitrogens with one attached hydrogen (secondary N) is 1. The first kappa shape index (κ1) is 21.6. The van der Waals surface area contributed by atoms with E-state index in [4.69, 9.17) is 9.47 Å². The van der Waals surface area contributed by atoms with Crippen molar-refractivity contribution < 1.29 is 22.7 Å². The smallest absolute Gasteiger partial charge is 0.247 e. The van der Waals surface area contributed by atoms with E-state index >= 15 is 0 Å². The van der Waals surface area contributed by atoms with Crippen LogP contribution in [0.1, 0.15) is 20.8 Å². The number of methoxy groups -OCH3 is 1. The van der Waals surface area contributed by atoms with E-state index in [1.165, 1.54) is 14.0 Å². The van der Waals surface area contributed by atoms with Gasteiger partial charge in [0, 0.05) is 11.8 Å². The first-order valence-corrected chi connectivity index (χ1v) is 10.7. The summed E-state index contributed by atoms with van der Waals surface area (Å²) >= 11 is 0. The summed E-state index contributed by atoms with van der Waals surface area (Å²) in [5.74, 6) is 0.759. The summed E-state index contributed by atoms with van der Waals surface area (Å²) in [5, 5.41) is 2.75. The quantitative estimate of drug-likeness (QED) is 0.727. The molecule has 0 saturated heterocycles. The molecular weight excluding hydrogens is 380 g/mol. The highest BCUT2D eigenvalue weighted by atomic mass is 32.2. The fourth-order valence-electron chi connectivity index (χ4n) is 2.70. The predicted octanol–water partition coefficient (Wildman–Crippen LogP) is 3.28. The van der Waals surface area contributed by atoms with Crippen LogP contribution in [0, 0.1) is 0 Å². The van der Waals surface area contributed by atoms with Gasteiger partial charge in [0.2, 0.25) is 15.9 Å². The number of sulfonamides is 1. The van der Waals surface area contributed by atoms with E-state index in [1.54, 1.807) is 48.5 Å². The van der Waals surface area contributed by atoms with Crippen LogP contribution < -0.4 is 19.1 Å². The van der Waals surface area contributed by atoms with Crippen LogP contribution in [0.5, 0.6) is 11.5 Å². The Morgan fingerprint density at radius 2 is 1.68 bits per heavy atom. The molecule has 28 heavy (non-hydrogen) atoms. The number of carbonyl (C=O) groups excluding carboxylic acids is 1. The molecule has 7 nitrogen and oxygen atoms in total. The topological polar surface area (TPSA) is 84.9 Å². The lowest BCUT2D eigenvalue weighted by molar-refractivity contribution is -0.116. The zero-order valence-electron chi connectivity index (χ0n) is 16.7. The molecule has 0 aliphatic carbocycles. The van der Waals surface area contributed by atoms with Gasteiger partial charge in [-0.3, -0.25) is 9.10 Å². The average molecular weight is 407 g/mol. The molecule has 2 rings (SSSR count). The molecule has 8 heteroatoms. The van der Waals surface area contributed by atoms with Crippen LogP contribution in [0.15, 0.2) is 48.5 Å². The summed E-state index contributed by atoms with van der Waals surface area (Å²) in [4.78, 5) is 12.7. The minimum atomic E-state index is -3.69. The summed E-state index contributed by atoms with van der Waals surface area (Å²) in [6, 6.07) is 12.5. The van der Waals surface area contributed by atoms with Gasteiger partial charge in [0.1, 0.15) is 17.5 Å². The van der Waals surface area contributed by atoms with Gasteiger partial charge < -0.3 is 14.8 Å². The molecule has 0 heterocycles. The second kappa shape index (κ2) is 8.97. The molecule has 2 aromatic rings. The average Bonchev–Trinajstić information content (AvgIpc) is 2.61. The number of hydrogen-bond donors (Lipinski definition) is 1. The minimum absolute atomic E-state index is 0.000623. The zero-order chi connectivity index (χ0) is 20.9. The van der Waals surface area contributed by atoms with Gasteiger partial charge in [-0.2, -0.15) is 0 Å². The van der Waals surface area contributed by atoms with Gasteiger partial charge in [-0.1, -0.05) is 6.07 Å². The highest BCUT2D eigenvalue weighted by molar-refractivity contribution is 7.92. The Labute approximate surface area is 166 Å². The van der Waals surface area contributed by atoms with Crippen molar-refractivity contribution in [2.75, 3.05) is 23.0 Å². The fourth-order valence-corrected chi connectivity index (χ4v) is 3.88. The van der Waals surface area contributed by atoms with Crippen LogP contribution in [0.4, 0.5) is 11.4 Å². The van der Waals surface area contributed by atoms with E-state index in [9.17, 15) is 13.2 Å². The molecule has 0 bridgehead atoms. The van der Waals surface area contributed by atoms with Crippen LogP contribution in [0.25, 0.3) is 0 Å². The number of anilines is 2. The van der Waals surface area contributed by atoms with Gasteiger partial charge in [0.15, 0.2) is 0 Å². The summed E-state index contributed by atoms with van der Waals surface area (Å²) in [7, 11) is -2.17. The van der Waals surface area contributed by atoms with E-state index < -0.39 is 22.0 Å². The normalized spacial score (nSPS) is 12.4. The lowest BCUT2D eigenvalue weighted by Gasteiger charge is -2.28. The van der Waals surface area contributed by atoms with Crippen molar-refractivity contribution in [1.29, 1.82) is 0 Å². The number of ether oxygens (including phenoxy) is 2. The van der Waals surface area contributed by atoms with Crippen LogP contribution in [0.2, 0.25) is 0 Å². The van der Waals surface area contributed by atoms with Crippen molar-refractivity contribution in [3.63, 3.8) is 0 Å². The molecule has 1 amide bonds. The van der Waals surface area contributed by atoms with Crippen molar-refractivity contribution in [1.82, 2.24) is 0 Å². The SMILES string of the molecule is COc1ccc(N([C@H](C)C(=O)Nc2cccc(OC(C)C)c2)S(C)(=O)=O)cc1. The molecule has 0 radical (unpaired) electrons. The maximum Gasteiger partial charge on any atom is 0.247 e. The highest BCUT2D eigenvalue weighted by Crippen LogP contribution is 2.25. The molecule has 2 aromatic carbocycles. The Balaban J connectivity index is 2.24. The Morgan fingerprint density at radius 3 is 2.21 bits per heavy atom. The van der Waals surface area contributed by atoms with E-state index in [-0.39, 0.29) is 6.10 Å². The third kappa shape index (κ3) is 5.63. The van der Waals surface area contributed by atoms with Gasteiger partial charge >= 0.3 is 0 Å². The maximum atomic E-state index is 12.7. The third-order valence-electron chi connectivity index (χ3n) is 3.89. The second-order valence-electron chi connectivity index (χ2n) is 6.62. The van der Waals surface area contributed by atoms with Crippen LogP contribution >= 0.6 is 0 Å². The number of carbonyl (C=O) groups is 1. The Kier molecular flexibility index (Phi) is 6.90. The van der Waals surface area contributed by atoms with Crippen LogP contribution in [0.3, 0.4) is 0 Å². The maximum absolute atomic E-state index is 12.7. The van der Waals surface area contributed by atoms with E-state index in [0.29, 0.717) is 22.9 Å². The Bertz CT molecular complexity index is 910. The van der Waals surface area contributed by atoms with Gasteiger partial charge in [-0.15, -0.1) is 0 Å². The molecule has 1 N–H and O–H groups in total. The summed E-state index contributed by atoms with van der Waals surface area (Å²) in [6.45, 7) is 5.35. The molecule has 0 fully saturated rings. The lowest BCUT2D eigenvalue weighted by atomic mass is 10.2. The van der Waals surface area contributed by atoms with E-state index in [0.717, 1.165) is 10.6 Å². The number of hydrogen-bond acceptors (Lipinski definition) is 5. The lowest BCUT2D eigenvalue weighted by Crippen LogP contribution is -2.45. The minimum Gasteiger partial charge on any atom is -0.497 e. The predicted molar refractivity (Wildman–Crippen MR) is 111 cm³/mol. The molecular formula is C20H26N2O5S. The Morgan fingerprint density at radius 1 is 1.04 bits per heavy atom. The van der Waals surface area contributed by atoms with Crippen molar-refractivity contribution in [3.8, 4) is 11.5 Å². The molecule has 0 aliphatic heterocycles. The second-order valence-corrected chi connectivity index (χ2v) is 8.48. The van der Waals surface area contributed by atoms with Crippen molar-refractivity contribution in [2.45, 2.75) is 32.9 Å². The molecule has 152 valence electrons.